The molecule has 5 heteroatoms. The number of amides is 2. The molecule has 0 aliphatic carbocycles. The van der Waals surface area contributed by atoms with Crippen LogP contribution in [0.5, 0.6) is 0 Å². The van der Waals surface area contributed by atoms with Crippen LogP contribution in [0, 0.1) is 5.82 Å². The lowest BCUT2D eigenvalue weighted by Gasteiger charge is -2.32. The minimum atomic E-state index is -0.787. The predicted octanol–water partition coefficient (Wildman–Crippen LogP) is 4.21. The first-order valence-corrected chi connectivity index (χ1v) is 10.1. The second-order valence-corrected chi connectivity index (χ2v) is 7.44. The SMILES string of the molecule is O=C(Cc1ccc(F)cc1)N[C@@H](C(=O)N1CCCc2ccccc21)c1ccccc1. The van der Waals surface area contributed by atoms with E-state index >= 15 is 0 Å². The topological polar surface area (TPSA) is 49.4 Å². The Kier molecular flexibility index (Phi) is 5.89. The average molecular weight is 402 g/mol. The van der Waals surface area contributed by atoms with Crippen LogP contribution in [0.15, 0.2) is 78.9 Å². The van der Waals surface area contributed by atoms with Gasteiger partial charge in [-0.2, -0.15) is 0 Å². The summed E-state index contributed by atoms with van der Waals surface area (Å²) in [6, 6.07) is 22.2. The van der Waals surface area contributed by atoms with Crippen LogP contribution in [-0.2, 0) is 22.4 Å². The molecule has 0 saturated heterocycles. The van der Waals surface area contributed by atoms with E-state index in [2.05, 4.69) is 5.32 Å². The first-order chi connectivity index (χ1) is 14.6. The Morgan fingerprint density at radius 1 is 0.933 bits per heavy atom. The molecule has 30 heavy (non-hydrogen) atoms. The zero-order chi connectivity index (χ0) is 20.9. The summed E-state index contributed by atoms with van der Waals surface area (Å²) in [6.45, 7) is 0.618. The number of halogens is 1. The summed E-state index contributed by atoms with van der Waals surface area (Å²) in [5.41, 5.74) is 3.47. The van der Waals surface area contributed by atoms with E-state index in [1.165, 1.54) is 12.1 Å². The highest BCUT2D eigenvalue weighted by molar-refractivity contribution is 6.00. The van der Waals surface area contributed by atoms with Gasteiger partial charge in [0.25, 0.3) is 5.91 Å². The van der Waals surface area contributed by atoms with Crippen molar-refractivity contribution in [3.8, 4) is 0 Å². The van der Waals surface area contributed by atoms with Gasteiger partial charge in [-0.25, -0.2) is 4.39 Å². The summed E-state index contributed by atoms with van der Waals surface area (Å²) in [7, 11) is 0. The van der Waals surface area contributed by atoms with Crippen molar-refractivity contribution in [1.29, 1.82) is 0 Å². The lowest BCUT2D eigenvalue weighted by Crippen LogP contribution is -2.45. The molecular formula is C25H23FN2O2. The van der Waals surface area contributed by atoms with Gasteiger partial charge in [0.2, 0.25) is 5.91 Å². The Balaban J connectivity index is 1.58. The Morgan fingerprint density at radius 2 is 1.63 bits per heavy atom. The van der Waals surface area contributed by atoms with Crippen molar-refractivity contribution in [1.82, 2.24) is 5.32 Å². The third-order valence-electron chi connectivity index (χ3n) is 5.34. The Labute approximate surface area is 175 Å². The Bertz CT molecular complexity index is 1030. The lowest BCUT2D eigenvalue weighted by atomic mass is 9.99. The predicted molar refractivity (Wildman–Crippen MR) is 115 cm³/mol. The van der Waals surface area contributed by atoms with E-state index in [4.69, 9.17) is 0 Å². The van der Waals surface area contributed by atoms with Crippen molar-refractivity contribution in [2.45, 2.75) is 25.3 Å². The number of carbonyl (C=O) groups excluding carboxylic acids is 2. The Hall–Kier alpha value is -3.47. The van der Waals surface area contributed by atoms with E-state index in [0.29, 0.717) is 12.1 Å². The van der Waals surface area contributed by atoms with Crippen LogP contribution < -0.4 is 10.2 Å². The fourth-order valence-corrected chi connectivity index (χ4v) is 3.85. The van der Waals surface area contributed by atoms with E-state index in [9.17, 15) is 14.0 Å². The number of benzene rings is 3. The minimum absolute atomic E-state index is 0.0769. The maximum absolute atomic E-state index is 13.6. The van der Waals surface area contributed by atoms with Crippen LogP contribution in [0.3, 0.4) is 0 Å². The molecule has 4 nitrogen and oxygen atoms in total. The highest BCUT2D eigenvalue weighted by Crippen LogP contribution is 2.29. The van der Waals surface area contributed by atoms with Gasteiger partial charge in [0.05, 0.1) is 6.42 Å². The van der Waals surface area contributed by atoms with Gasteiger partial charge in [-0.3, -0.25) is 9.59 Å². The van der Waals surface area contributed by atoms with Crippen molar-refractivity contribution >= 4 is 17.5 Å². The number of hydrogen-bond donors (Lipinski definition) is 1. The van der Waals surface area contributed by atoms with E-state index in [1.54, 1.807) is 17.0 Å². The molecule has 1 aliphatic rings. The van der Waals surface area contributed by atoms with Gasteiger partial charge in [0.15, 0.2) is 0 Å². The lowest BCUT2D eigenvalue weighted by molar-refractivity contribution is -0.127. The maximum Gasteiger partial charge on any atom is 0.254 e. The normalized spacial score (nSPS) is 14.0. The van der Waals surface area contributed by atoms with Gasteiger partial charge in [-0.15, -0.1) is 0 Å². The van der Waals surface area contributed by atoms with Gasteiger partial charge >= 0.3 is 0 Å². The zero-order valence-electron chi connectivity index (χ0n) is 16.6. The van der Waals surface area contributed by atoms with Crippen LogP contribution in [0.25, 0.3) is 0 Å². The molecule has 4 rings (SSSR count). The summed E-state index contributed by atoms with van der Waals surface area (Å²) in [4.78, 5) is 28.1. The molecule has 0 aromatic heterocycles. The van der Waals surface area contributed by atoms with Crippen LogP contribution in [0.2, 0.25) is 0 Å². The summed E-state index contributed by atoms with van der Waals surface area (Å²) < 4.78 is 13.1. The van der Waals surface area contributed by atoms with Crippen molar-refractivity contribution < 1.29 is 14.0 Å². The van der Waals surface area contributed by atoms with E-state index < -0.39 is 6.04 Å². The number of nitrogens with one attached hydrogen (secondary N) is 1. The quantitative estimate of drug-likeness (QED) is 0.695. The number of carbonyl (C=O) groups is 2. The standard InChI is InChI=1S/C25H23FN2O2/c26-21-14-12-18(13-15-21)17-23(29)27-24(20-8-2-1-3-9-20)25(30)28-16-6-10-19-7-4-5-11-22(19)28/h1-5,7-9,11-15,24H,6,10,16-17H2,(H,27,29)/t24-/m1/s1. The fourth-order valence-electron chi connectivity index (χ4n) is 3.85. The Morgan fingerprint density at radius 3 is 2.40 bits per heavy atom. The number of rotatable bonds is 5. The molecular weight excluding hydrogens is 379 g/mol. The van der Waals surface area contributed by atoms with Gasteiger partial charge in [-0.05, 0) is 47.7 Å². The summed E-state index contributed by atoms with van der Waals surface area (Å²) in [5, 5.41) is 2.90. The molecule has 2 amide bonds. The van der Waals surface area contributed by atoms with Gasteiger partial charge in [0, 0.05) is 12.2 Å². The number of hydrogen-bond acceptors (Lipinski definition) is 2. The minimum Gasteiger partial charge on any atom is -0.340 e. The molecule has 152 valence electrons. The fraction of sp³-hybridized carbons (Fsp3) is 0.200. The van der Waals surface area contributed by atoms with Crippen LogP contribution in [0.4, 0.5) is 10.1 Å². The molecule has 0 unspecified atom stereocenters. The third-order valence-corrected chi connectivity index (χ3v) is 5.34. The highest BCUT2D eigenvalue weighted by Gasteiger charge is 2.30. The second kappa shape index (κ2) is 8.91. The smallest absolute Gasteiger partial charge is 0.254 e. The van der Waals surface area contributed by atoms with Crippen LogP contribution in [-0.4, -0.2) is 18.4 Å². The van der Waals surface area contributed by atoms with Crippen LogP contribution >= 0.6 is 0 Å². The zero-order valence-corrected chi connectivity index (χ0v) is 16.6. The number of fused-ring (bicyclic) bond motifs is 1. The highest BCUT2D eigenvalue weighted by atomic mass is 19.1. The largest absolute Gasteiger partial charge is 0.340 e. The molecule has 1 aliphatic heterocycles. The molecule has 0 bridgehead atoms. The van der Waals surface area contributed by atoms with E-state index in [-0.39, 0.29) is 24.1 Å². The molecule has 3 aromatic rings. The van der Waals surface area contributed by atoms with Crippen LogP contribution in [0.1, 0.15) is 29.2 Å². The molecule has 1 N–H and O–H groups in total. The molecule has 1 heterocycles. The first-order valence-electron chi connectivity index (χ1n) is 10.1. The van der Waals surface area contributed by atoms with Gasteiger partial charge in [0.1, 0.15) is 11.9 Å². The monoisotopic (exact) mass is 402 g/mol. The van der Waals surface area contributed by atoms with Gasteiger partial charge in [-0.1, -0.05) is 60.7 Å². The third kappa shape index (κ3) is 4.40. The molecule has 0 spiro atoms. The number of nitrogens with zero attached hydrogens (tertiary/aromatic N) is 1. The van der Waals surface area contributed by atoms with Gasteiger partial charge < -0.3 is 10.2 Å². The van der Waals surface area contributed by atoms with E-state index in [0.717, 1.165) is 29.7 Å². The molecule has 0 radical (unpaired) electrons. The number of aryl methyl sites for hydroxylation is 1. The summed E-state index contributed by atoms with van der Waals surface area (Å²) in [5.74, 6) is -0.782. The average Bonchev–Trinajstić information content (AvgIpc) is 2.79. The van der Waals surface area contributed by atoms with Crippen molar-refractivity contribution in [3.05, 3.63) is 101 Å². The molecule has 1 atom stereocenters. The maximum atomic E-state index is 13.6. The van der Waals surface area contributed by atoms with Crippen molar-refractivity contribution in [3.63, 3.8) is 0 Å². The first kappa shape index (κ1) is 19.8. The molecule has 3 aromatic carbocycles. The molecule has 0 fully saturated rings. The van der Waals surface area contributed by atoms with E-state index in [1.807, 2.05) is 54.6 Å². The number of para-hydroxylation sites is 1. The summed E-state index contributed by atoms with van der Waals surface area (Å²) >= 11 is 0. The summed E-state index contributed by atoms with van der Waals surface area (Å²) in [6.07, 6.45) is 1.90. The number of anilines is 1. The van der Waals surface area contributed by atoms with Crippen molar-refractivity contribution in [2.24, 2.45) is 0 Å². The second-order valence-electron chi connectivity index (χ2n) is 7.44. The van der Waals surface area contributed by atoms with Crippen molar-refractivity contribution in [2.75, 3.05) is 11.4 Å². The molecule has 0 saturated carbocycles.